The van der Waals surface area contributed by atoms with E-state index in [0.29, 0.717) is 27.8 Å². The van der Waals surface area contributed by atoms with Gasteiger partial charge in [0.05, 0.1) is 11.4 Å². The highest BCUT2D eigenvalue weighted by Crippen LogP contribution is 2.43. The molecule has 5 rings (SSSR count). The summed E-state index contributed by atoms with van der Waals surface area (Å²) in [6, 6.07) is 26.1. The minimum Gasteiger partial charge on any atom is -0.303 e. The topological polar surface area (TPSA) is 74.1 Å². The molecule has 1 unspecified atom stereocenters. The van der Waals surface area contributed by atoms with Crippen LogP contribution in [-0.2, 0) is 9.59 Å². The molecule has 31 heavy (non-hydrogen) atoms. The third-order valence-electron chi connectivity index (χ3n) is 5.13. The highest BCUT2D eigenvalue weighted by Gasteiger charge is 2.62. The summed E-state index contributed by atoms with van der Waals surface area (Å²) in [5.41, 5.74) is 3.54. The van der Waals surface area contributed by atoms with Gasteiger partial charge in [-0.05, 0) is 31.2 Å². The van der Waals surface area contributed by atoms with Crippen molar-refractivity contribution >= 4 is 45.8 Å². The van der Waals surface area contributed by atoms with Crippen molar-refractivity contribution in [3.8, 4) is 0 Å². The first kappa shape index (κ1) is 19.3. The number of aliphatic imine (C=N–C) groups is 1. The third-order valence-corrected chi connectivity index (χ3v) is 6.38. The van der Waals surface area contributed by atoms with Crippen LogP contribution in [0.5, 0.6) is 0 Å². The number of anilines is 1. The summed E-state index contributed by atoms with van der Waals surface area (Å²) in [5.74, 6) is -0.844. The van der Waals surface area contributed by atoms with Crippen molar-refractivity contribution in [2.45, 2.75) is 11.7 Å². The highest BCUT2D eigenvalue weighted by molar-refractivity contribution is 8.17. The number of carbonyl (C=O) groups is 2. The smallest absolute Gasteiger partial charge is 0.280 e. The molecule has 0 radical (unpaired) electrons. The number of amides is 2. The first-order valence-electron chi connectivity index (χ1n) is 9.78. The first-order chi connectivity index (χ1) is 15.1. The maximum atomic E-state index is 13.6. The molecule has 152 valence electrons. The van der Waals surface area contributed by atoms with Crippen molar-refractivity contribution in [2.24, 2.45) is 10.1 Å². The Bertz CT molecular complexity index is 1220. The Balaban J connectivity index is 1.60. The fourth-order valence-electron chi connectivity index (χ4n) is 3.55. The molecule has 3 aromatic rings. The number of nitrogens with zero attached hydrogens (tertiary/aromatic N) is 3. The summed E-state index contributed by atoms with van der Waals surface area (Å²) in [6.45, 7) is 2.00. The number of hydrazone groups is 1. The van der Waals surface area contributed by atoms with E-state index < -0.39 is 16.6 Å². The van der Waals surface area contributed by atoms with E-state index in [1.165, 1.54) is 5.01 Å². The molecule has 3 aromatic carbocycles. The number of nitrogens with one attached hydrogen (secondary N) is 1. The van der Waals surface area contributed by atoms with Gasteiger partial charge in [-0.15, -0.1) is 0 Å². The van der Waals surface area contributed by atoms with Gasteiger partial charge in [-0.1, -0.05) is 78.0 Å². The molecule has 0 bridgehead atoms. The maximum Gasteiger partial charge on any atom is 0.280 e. The zero-order valence-electron chi connectivity index (χ0n) is 16.6. The number of thioether (sulfide) groups is 1. The quantitative estimate of drug-likeness (QED) is 0.643. The Labute approximate surface area is 183 Å². The number of hydrogen-bond acceptors (Lipinski definition) is 5. The Morgan fingerprint density at radius 1 is 0.903 bits per heavy atom. The first-order valence-corrected chi connectivity index (χ1v) is 10.6. The summed E-state index contributed by atoms with van der Waals surface area (Å²) in [6.07, 6.45) is 0. The van der Waals surface area contributed by atoms with E-state index in [-0.39, 0.29) is 0 Å². The molecule has 2 amide bonds. The van der Waals surface area contributed by atoms with Crippen LogP contribution >= 0.6 is 11.8 Å². The Morgan fingerprint density at radius 3 is 2.23 bits per heavy atom. The van der Waals surface area contributed by atoms with Gasteiger partial charge in [0, 0.05) is 5.56 Å². The zero-order valence-corrected chi connectivity index (χ0v) is 17.5. The summed E-state index contributed by atoms with van der Waals surface area (Å²) in [4.78, 5) is 31.5. The number of carbonyl (C=O) groups excluding carboxylic acids is 2. The second kappa shape index (κ2) is 7.52. The Hall–Kier alpha value is -3.71. The summed E-state index contributed by atoms with van der Waals surface area (Å²) in [5, 5.41) is 9.09. The molecule has 7 heteroatoms. The lowest BCUT2D eigenvalue weighted by atomic mass is 9.95. The predicted molar refractivity (Wildman–Crippen MR) is 124 cm³/mol. The van der Waals surface area contributed by atoms with E-state index >= 15 is 0 Å². The largest absolute Gasteiger partial charge is 0.303 e. The van der Waals surface area contributed by atoms with Gasteiger partial charge in [0.15, 0.2) is 5.17 Å². The van der Waals surface area contributed by atoms with Crippen molar-refractivity contribution in [3.05, 3.63) is 96.1 Å². The van der Waals surface area contributed by atoms with Crippen LogP contribution in [0.4, 0.5) is 11.4 Å². The van der Waals surface area contributed by atoms with E-state index in [1.807, 2.05) is 79.7 Å². The lowest BCUT2D eigenvalue weighted by Gasteiger charge is -2.19. The standard InChI is InChI=1S/C24H18N4O2S/c1-16-12-14-18(15-13-16)25-23-26-21(29)24(31-23)20(17-8-4-2-5-9-17)27-28(22(24)30)19-10-6-3-7-11-19/h2-15H,1H3,(H,25,26,29). The molecule has 1 spiro atoms. The molecule has 0 saturated carbocycles. The van der Waals surface area contributed by atoms with Crippen LogP contribution < -0.4 is 10.3 Å². The monoisotopic (exact) mass is 426 g/mol. The molecular formula is C24H18N4O2S. The van der Waals surface area contributed by atoms with Crippen LogP contribution in [0.1, 0.15) is 11.1 Å². The molecule has 2 heterocycles. The number of benzene rings is 3. The van der Waals surface area contributed by atoms with E-state index in [1.54, 1.807) is 12.1 Å². The predicted octanol–water partition coefficient (Wildman–Crippen LogP) is 4.04. The average Bonchev–Trinajstić information content (AvgIpc) is 3.28. The second-order valence-corrected chi connectivity index (χ2v) is 8.46. The lowest BCUT2D eigenvalue weighted by molar-refractivity contribution is -0.127. The van der Waals surface area contributed by atoms with Gasteiger partial charge < -0.3 is 5.32 Å². The molecule has 1 N–H and O–H groups in total. The number of hydrogen-bond donors (Lipinski definition) is 1. The van der Waals surface area contributed by atoms with Gasteiger partial charge in [-0.2, -0.15) is 10.1 Å². The fraction of sp³-hybridized carbons (Fsp3) is 0.0833. The molecular weight excluding hydrogens is 408 g/mol. The van der Waals surface area contributed by atoms with E-state index in [2.05, 4.69) is 15.4 Å². The summed E-state index contributed by atoms with van der Waals surface area (Å²) in [7, 11) is 0. The Kier molecular flexibility index (Phi) is 4.67. The summed E-state index contributed by atoms with van der Waals surface area (Å²) < 4.78 is -1.53. The van der Waals surface area contributed by atoms with E-state index in [9.17, 15) is 9.59 Å². The van der Waals surface area contributed by atoms with Crippen LogP contribution in [0.2, 0.25) is 0 Å². The zero-order chi connectivity index (χ0) is 21.4. The highest BCUT2D eigenvalue weighted by atomic mass is 32.2. The molecule has 1 atom stereocenters. The van der Waals surface area contributed by atoms with Gasteiger partial charge in [0.25, 0.3) is 11.8 Å². The molecule has 1 saturated heterocycles. The minimum atomic E-state index is -1.53. The van der Waals surface area contributed by atoms with Crippen LogP contribution in [0, 0.1) is 6.92 Å². The number of aryl methyl sites for hydroxylation is 1. The van der Waals surface area contributed by atoms with Crippen LogP contribution in [0.25, 0.3) is 0 Å². The normalized spacial score (nSPS) is 21.6. The SMILES string of the molecule is Cc1ccc(N=C2NC(=O)C3(S2)C(=O)N(c2ccccc2)N=C3c2ccccc2)cc1. The number of rotatable bonds is 3. The van der Waals surface area contributed by atoms with Gasteiger partial charge in [0.1, 0.15) is 5.71 Å². The van der Waals surface area contributed by atoms with Crippen LogP contribution in [0.3, 0.4) is 0 Å². The Morgan fingerprint density at radius 2 is 1.55 bits per heavy atom. The number of amidine groups is 1. The van der Waals surface area contributed by atoms with Crippen LogP contribution in [-0.4, -0.2) is 27.4 Å². The fourth-order valence-corrected chi connectivity index (χ4v) is 4.71. The molecule has 0 aliphatic carbocycles. The van der Waals surface area contributed by atoms with E-state index in [0.717, 1.165) is 17.3 Å². The van der Waals surface area contributed by atoms with Crippen molar-refractivity contribution in [3.63, 3.8) is 0 Å². The van der Waals surface area contributed by atoms with Crippen molar-refractivity contribution in [2.75, 3.05) is 5.01 Å². The second-order valence-electron chi connectivity index (χ2n) is 7.26. The molecule has 6 nitrogen and oxygen atoms in total. The minimum absolute atomic E-state index is 0.376. The molecule has 1 fully saturated rings. The van der Waals surface area contributed by atoms with Crippen molar-refractivity contribution in [1.82, 2.24) is 5.32 Å². The average molecular weight is 427 g/mol. The van der Waals surface area contributed by atoms with E-state index in [4.69, 9.17) is 0 Å². The third kappa shape index (κ3) is 3.23. The van der Waals surface area contributed by atoms with Crippen LogP contribution in [0.15, 0.2) is 95.0 Å². The van der Waals surface area contributed by atoms with Gasteiger partial charge in [-0.3, -0.25) is 9.59 Å². The molecule has 2 aliphatic rings. The maximum absolute atomic E-state index is 13.6. The molecule has 2 aliphatic heterocycles. The van der Waals surface area contributed by atoms with Crippen molar-refractivity contribution in [1.29, 1.82) is 0 Å². The van der Waals surface area contributed by atoms with Gasteiger partial charge in [0.2, 0.25) is 4.75 Å². The summed E-state index contributed by atoms with van der Waals surface area (Å²) >= 11 is 1.10. The number of para-hydroxylation sites is 1. The molecule has 0 aromatic heterocycles. The van der Waals surface area contributed by atoms with Gasteiger partial charge in [-0.25, -0.2) is 4.99 Å². The lowest BCUT2D eigenvalue weighted by Crippen LogP contribution is -2.50. The van der Waals surface area contributed by atoms with Crippen molar-refractivity contribution < 1.29 is 9.59 Å². The van der Waals surface area contributed by atoms with Gasteiger partial charge >= 0.3 is 0 Å².